The van der Waals surface area contributed by atoms with E-state index in [2.05, 4.69) is 20.5 Å². The number of Topliss-reactive ketones (excluding diaryl/α,β-unsaturated/α-hetero) is 1. The van der Waals surface area contributed by atoms with Gasteiger partial charge in [0.15, 0.2) is 10.1 Å². The number of hydrogen-bond acceptors (Lipinski definition) is 7. The Morgan fingerprint density at radius 3 is 3.00 bits per heavy atom. The van der Waals surface area contributed by atoms with Crippen LogP contribution in [0.25, 0.3) is 0 Å². The second kappa shape index (κ2) is 6.59. The summed E-state index contributed by atoms with van der Waals surface area (Å²) in [6.45, 7) is 3.38. The van der Waals surface area contributed by atoms with Gasteiger partial charge >= 0.3 is 0 Å². The summed E-state index contributed by atoms with van der Waals surface area (Å²) < 4.78 is 0.736. The Hall–Kier alpha value is -2.06. The number of anilines is 1. The van der Waals surface area contributed by atoms with E-state index in [0.717, 1.165) is 21.3 Å². The maximum absolute atomic E-state index is 12.2. The van der Waals surface area contributed by atoms with Crippen molar-refractivity contribution in [1.82, 2.24) is 10.2 Å². The molecule has 1 aromatic carbocycles. The first-order valence-corrected chi connectivity index (χ1v) is 8.76. The van der Waals surface area contributed by atoms with E-state index in [9.17, 15) is 9.59 Å². The molecule has 2 heterocycles. The summed E-state index contributed by atoms with van der Waals surface area (Å²) in [6, 6.07) is 5.66. The van der Waals surface area contributed by atoms with Gasteiger partial charge in [0, 0.05) is 24.0 Å². The van der Waals surface area contributed by atoms with Gasteiger partial charge in [-0.05, 0) is 18.6 Å². The van der Waals surface area contributed by atoms with Crippen LogP contribution in [-0.4, -0.2) is 33.4 Å². The number of amides is 1. The fourth-order valence-electron chi connectivity index (χ4n) is 2.21. The first-order valence-electron chi connectivity index (χ1n) is 6.96. The third kappa shape index (κ3) is 3.65. The Bertz CT molecular complexity index is 814. The molecule has 0 spiro atoms. The number of para-hydroxylation sites is 1. The van der Waals surface area contributed by atoms with Gasteiger partial charge in [0.2, 0.25) is 11.0 Å². The lowest BCUT2D eigenvalue weighted by atomic mass is 9.98. The minimum Gasteiger partial charge on any atom is -0.301 e. The number of aromatic nitrogens is 2. The molecule has 23 heavy (non-hydrogen) atoms. The molecule has 0 saturated heterocycles. The van der Waals surface area contributed by atoms with Crippen LogP contribution >= 0.6 is 23.1 Å². The van der Waals surface area contributed by atoms with Gasteiger partial charge < -0.3 is 5.32 Å². The third-order valence-corrected chi connectivity index (χ3v) is 5.27. The highest BCUT2D eigenvalue weighted by molar-refractivity contribution is 8.01. The van der Waals surface area contributed by atoms with Crippen LogP contribution in [0.5, 0.6) is 0 Å². The first-order chi connectivity index (χ1) is 11.0. The van der Waals surface area contributed by atoms with Crippen molar-refractivity contribution in [3.63, 3.8) is 0 Å². The predicted octanol–water partition coefficient (Wildman–Crippen LogP) is 3.26. The van der Waals surface area contributed by atoms with Crippen LogP contribution < -0.4 is 5.32 Å². The Morgan fingerprint density at radius 2 is 2.22 bits per heavy atom. The average Bonchev–Trinajstić information content (AvgIpc) is 2.93. The first kappa shape index (κ1) is 15.8. The largest absolute Gasteiger partial charge is 0.301 e. The van der Waals surface area contributed by atoms with Crippen molar-refractivity contribution in [2.45, 2.75) is 24.6 Å². The van der Waals surface area contributed by atoms with E-state index in [1.807, 2.05) is 25.1 Å². The molecule has 0 bridgehead atoms. The Kier molecular flexibility index (Phi) is 4.53. The maximum atomic E-state index is 12.2. The number of rotatable bonds is 4. The molecule has 1 aromatic heterocycles. The zero-order valence-electron chi connectivity index (χ0n) is 12.6. The van der Waals surface area contributed by atoms with Gasteiger partial charge in [-0.25, -0.2) is 0 Å². The SMILES string of the molecule is CC(=O)Nc1nnc(SCC2=Nc3c(C)cccc3C(=O)C2)s1. The maximum Gasteiger partial charge on any atom is 0.223 e. The molecule has 1 N–H and O–H groups in total. The summed E-state index contributed by atoms with van der Waals surface area (Å²) in [6.07, 6.45) is 0.334. The van der Waals surface area contributed by atoms with Crippen LogP contribution in [-0.2, 0) is 4.79 Å². The van der Waals surface area contributed by atoms with E-state index in [-0.39, 0.29) is 11.7 Å². The van der Waals surface area contributed by atoms with E-state index in [4.69, 9.17) is 0 Å². The van der Waals surface area contributed by atoms with Crippen LogP contribution in [0, 0.1) is 6.92 Å². The van der Waals surface area contributed by atoms with Gasteiger partial charge in [0.1, 0.15) is 0 Å². The molecule has 0 aliphatic carbocycles. The standard InChI is InChI=1S/C15H14N4O2S2/c1-8-4-3-5-11-12(21)6-10(17-13(8)11)7-22-15-19-18-14(23-15)16-9(2)20/h3-5H,6-7H2,1-2H3,(H,16,18,20). The molecule has 0 fully saturated rings. The van der Waals surface area contributed by atoms with Crippen LogP contribution in [0.2, 0.25) is 0 Å². The van der Waals surface area contributed by atoms with Crippen LogP contribution in [0.1, 0.15) is 29.3 Å². The minimum atomic E-state index is -0.174. The Labute approximate surface area is 141 Å². The normalized spacial score (nSPS) is 13.5. The smallest absolute Gasteiger partial charge is 0.223 e. The van der Waals surface area contributed by atoms with Crippen molar-refractivity contribution in [3.8, 4) is 0 Å². The van der Waals surface area contributed by atoms with Crippen molar-refractivity contribution >= 4 is 51.3 Å². The number of hydrogen-bond donors (Lipinski definition) is 1. The molecular formula is C15H14N4O2S2. The van der Waals surface area contributed by atoms with Gasteiger partial charge in [-0.3, -0.25) is 14.6 Å². The summed E-state index contributed by atoms with van der Waals surface area (Å²) in [5, 5.41) is 11.0. The fourth-order valence-corrected chi connectivity index (χ4v) is 3.94. The van der Waals surface area contributed by atoms with E-state index in [1.54, 1.807) is 0 Å². The number of carbonyl (C=O) groups excluding carboxylic acids is 2. The number of aliphatic imine (C=N–C) groups is 1. The highest BCUT2D eigenvalue weighted by Gasteiger charge is 2.21. The molecule has 1 aliphatic rings. The number of benzene rings is 1. The highest BCUT2D eigenvalue weighted by atomic mass is 32.2. The lowest BCUT2D eigenvalue weighted by molar-refractivity contribution is -0.114. The monoisotopic (exact) mass is 346 g/mol. The van der Waals surface area contributed by atoms with E-state index >= 15 is 0 Å². The number of nitrogens with zero attached hydrogens (tertiary/aromatic N) is 3. The number of nitrogens with one attached hydrogen (secondary N) is 1. The molecule has 1 aliphatic heterocycles. The minimum absolute atomic E-state index is 0.102. The van der Waals surface area contributed by atoms with Crippen molar-refractivity contribution < 1.29 is 9.59 Å². The van der Waals surface area contributed by atoms with Gasteiger partial charge in [0.25, 0.3) is 0 Å². The Balaban J connectivity index is 1.71. The second-order valence-corrected chi connectivity index (χ2v) is 7.29. The molecular weight excluding hydrogens is 332 g/mol. The van der Waals surface area contributed by atoms with Gasteiger partial charge in [-0.1, -0.05) is 35.2 Å². The molecule has 0 saturated carbocycles. The van der Waals surface area contributed by atoms with Crippen molar-refractivity contribution in [2.24, 2.45) is 4.99 Å². The van der Waals surface area contributed by atoms with Crippen molar-refractivity contribution in [2.75, 3.05) is 11.1 Å². The van der Waals surface area contributed by atoms with Gasteiger partial charge in [0.05, 0.1) is 12.1 Å². The van der Waals surface area contributed by atoms with E-state index in [0.29, 0.717) is 22.9 Å². The predicted molar refractivity (Wildman–Crippen MR) is 92.2 cm³/mol. The zero-order valence-corrected chi connectivity index (χ0v) is 14.3. The molecule has 0 unspecified atom stereocenters. The highest BCUT2D eigenvalue weighted by Crippen LogP contribution is 2.32. The van der Waals surface area contributed by atoms with E-state index in [1.165, 1.54) is 30.0 Å². The second-order valence-electron chi connectivity index (χ2n) is 5.09. The van der Waals surface area contributed by atoms with Crippen molar-refractivity contribution in [1.29, 1.82) is 0 Å². The van der Waals surface area contributed by atoms with Crippen LogP contribution in [0.3, 0.4) is 0 Å². The van der Waals surface area contributed by atoms with Crippen LogP contribution in [0.4, 0.5) is 10.8 Å². The topological polar surface area (TPSA) is 84.3 Å². The number of ketones is 1. The fraction of sp³-hybridized carbons (Fsp3) is 0.267. The number of aryl methyl sites for hydroxylation is 1. The summed E-state index contributed by atoms with van der Waals surface area (Å²) in [4.78, 5) is 27.8. The van der Waals surface area contributed by atoms with Gasteiger partial charge in [-0.15, -0.1) is 10.2 Å². The molecule has 1 amide bonds. The molecule has 6 nitrogen and oxygen atoms in total. The lowest BCUT2D eigenvalue weighted by Gasteiger charge is -2.15. The summed E-state index contributed by atoms with van der Waals surface area (Å²) in [5.74, 6) is 0.506. The summed E-state index contributed by atoms with van der Waals surface area (Å²) >= 11 is 2.78. The Morgan fingerprint density at radius 1 is 1.39 bits per heavy atom. The molecule has 0 radical (unpaired) electrons. The van der Waals surface area contributed by atoms with Crippen molar-refractivity contribution in [3.05, 3.63) is 29.3 Å². The lowest BCUT2D eigenvalue weighted by Crippen LogP contribution is -2.15. The van der Waals surface area contributed by atoms with Gasteiger partial charge in [-0.2, -0.15) is 0 Å². The average molecular weight is 346 g/mol. The zero-order chi connectivity index (χ0) is 16.4. The molecule has 118 valence electrons. The summed E-state index contributed by atoms with van der Waals surface area (Å²) in [7, 11) is 0. The number of carbonyl (C=O) groups is 2. The molecule has 3 rings (SSSR count). The molecule has 0 atom stereocenters. The molecule has 2 aromatic rings. The third-order valence-electron chi connectivity index (χ3n) is 3.22. The quantitative estimate of drug-likeness (QED) is 0.678. The summed E-state index contributed by atoms with van der Waals surface area (Å²) in [5.41, 5.74) is 3.30. The number of thioether (sulfide) groups is 1. The molecule has 8 heteroatoms. The van der Waals surface area contributed by atoms with Crippen LogP contribution in [0.15, 0.2) is 27.5 Å². The van der Waals surface area contributed by atoms with E-state index < -0.39 is 0 Å². The number of fused-ring (bicyclic) bond motifs is 1.